The molecule has 6 nitrogen and oxygen atoms in total. The van der Waals surface area contributed by atoms with E-state index in [-0.39, 0.29) is 5.91 Å². The Kier molecular flexibility index (Phi) is 3.89. The Hall–Kier alpha value is -1.21. The second-order valence-corrected chi connectivity index (χ2v) is 6.51. The van der Waals surface area contributed by atoms with Crippen molar-refractivity contribution >= 4 is 22.4 Å². The van der Waals surface area contributed by atoms with Gasteiger partial charge < -0.3 is 10.2 Å². The molecule has 0 aromatic carbocycles. The first-order valence-electron chi connectivity index (χ1n) is 7.27. The van der Waals surface area contributed by atoms with Gasteiger partial charge in [-0.3, -0.25) is 9.69 Å². The summed E-state index contributed by atoms with van der Waals surface area (Å²) in [5.74, 6) is 0.0348. The lowest BCUT2D eigenvalue weighted by atomic mass is 10.1. The lowest BCUT2D eigenvalue weighted by molar-refractivity contribution is 0.0739. The van der Waals surface area contributed by atoms with E-state index < -0.39 is 0 Å². The van der Waals surface area contributed by atoms with Gasteiger partial charge in [-0.1, -0.05) is 11.3 Å². The first-order chi connectivity index (χ1) is 9.69. The van der Waals surface area contributed by atoms with Gasteiger partial charge in [0.25, 0.3) is 5.91 Å². The predicted molar refractivity (Wildman–Crippen MR) is 79.2 cm³/mol. The van der Waals surface area contributed by atoms with Crippen molar-refractivity contribution in [2.24, 2.45) is 0 Å². The van der Waals surface area contributed by atoms with E-state index in [0.717, 1.165) is 31.2 Å². The van der Waals surface area contributed by atoms with Crippen LogP contribution in [0.3, 0.4) is 0 Å². The number of likely N-dealkylation sites (N-methyl/N-ethyl adjacent to an activating group) is 1. The summed E-state index contributed by atoms with van der Waals surface area (Å²) in [5, 5.41) is 12.4. The van der Waals surface area contributed by atoms with Crippen molar-refractivity contribution in [1.29, 1.82) is 0 Å². The summed E-state index contributed by atoms with van der Waals surface area (Å²) in [7, 11) is 2.19. The van der Waals surface area contributed by atoms with Crippen LogP contribution in [0.25, 0.3) is 0 Å². The highest BCUT2D eigenvalue weighted by molar-refractivity contribution is 7.17. The molecule has 1 aromatic rings. The van der Waals surface area contributed by atoms with E-state index in [4.69, 9.17) is 0 Å². The van der Waals surface area contributed by atoms with Gasteiger partial charge in [0.2, 0.25) is 10.1 Å². The second kappa shape index (κ2) is 5.65. The van der Waals surface area contributed by atoms with Gasteiger partial charge in [-0.05, 0) is 33.2 Å². The van der Waals surface area contributed by atoms with Crippen molar-refractivity contribution in [1.82, 2.24) is 20.0 Å². The second-order valence-electron chi connectivity index (χ2n) is 5.53. The number of aromatic nitrogens is 2. The Balaban J connectivity index is 1.70. The van der Waals surface area contributed by atoms with Crippen LogP contribution in [0.1, 0.15) is 36.0 Å². The van der Waals surface area contributed by atoms with Crippen LogP contribution in [0.5, 0.6) is 0 Å². The SMILES string of the molecule is CCNc1nnc(C(=O)N2CCC3CCC(C2)N3C)s1. The molecule has 20 heavy (non-hydrogen) atoms. The molecular formula is C13H21N5OS. The topological polar surface area (TPSA) is 61.4 Å². The maximum absolute atomic E-state index is 12.5. The van der Waals surface area contributed by atoms with Gasteiger partial charge in [-0.25, -0.2) is 0 Å². The summed E-state index contributed by atoms with van der Waals surface area (Å²) in [6.45, 7) is 4.45. The Labute approximate surface area is 123 Å². The molecule has 2 bridgehead atoms. The fraction of sp³-hybridized carbons (Fsp3) is 0.769. The predicted octanol–water partition coefficient (Wildman–Crippen LogP) is 1.28. The van der Waals surface area contributed by atoms with E-state index in [0.29, 0.717) is 17.1 Å². The average molecular weight is 295 g/mol. The van der Waals surface area contributed by atoms with Crippen LogP contribution in [-0.2, 0) is 0 Å². The fourth-order valence-electron chi connectivity index (χ4n) is 3.16. The summed E-state index contributed by atoms with van der Waals surface area (Å²) in [4.78, 5) is 16.9. The molecule has 1 amide bonds. The van der Waals surface area contributed by atoms with Crippen molar-refractivity contribution in [3.63, 3.8) is 0 Å². The quantitative estimate of drug-likeness (QED) is 0.910. The van der Waals surface area contributed by atoms with Crippen molar-refractivity contribution < 1.29 is 4.79 Å². The van der Waals surface area contributed by atoms with Gasteiger partial charge in [0.05, 0.1) is 0 Å². The van der Waals surface area contributed by atoms with Crippen molar-refractivity contribution in [3.05, 3.63) is 5.01 Å². The molecule has 0 aliphatic carbocycles. The highest BCUT2D eigenvalue weighted by Gasteiger charge is 2.36. The van der Waals surface area contributed by atoms with Crippen molar-refractivity contribution in [2.75, 3.05) is 32.0 Å². The molecule has 3 heterocycles. The molecule has 2 unspecified atom stereocenters. The van der Waals surface area contributed by atoms with E-state index in [1.54, 1.807) is 0 Å². The molecule has 110 valence electrons. The number of hydrogen-bond donors (Lipinski definition) is 1. The molecule has 2 aliphatic heterocycles. The number of likely N-dealkylation sites (tertiary alicyclic amines) is 1. The molecule has 1 N–H and O–H groups in total. The number of anilines is 1. The molecule has 1 aromatic heterocycles. The van der Waals surface area contributed by atoms with Crippen LogP contribution in [0, 0.1) is 0 Å². The van der Waals surface area contributed by atoms with E-state index in [1.165, 1.54) is 24.2 Å². The lowest BCUT2D eigenvalue weighted by Crippen LogP contribution is -2.39. The minimum atomic E-state index is 0.0348. The largest absolute Gasteiger partial charge is 0.360 e. The molecule has 2 saturated heterocycles. The maximum Gasteiger partial charge on any atom is 0.284 e. The molecule has 0 saturated carbocycles. The van der Waals surface area contributed by atoms with Crippen molar-refractivity contribution in [3.8, 4) is 0 Å². The van der Waals surface area contributed by atoms with Crippen LogP contribution in [0.15, 0.2) is 0 Å². The summed E-state index contributed by atoms with van der Waals surface area (Å²) >= 11 is 1.35. The Morgan fingerprint density at radius 3 is 2.95 bits per heavy atom. The van der Waals surface area contributed by atoms with Gasteiger partial charge >= 0.3 is 0 Å². The summed E-state index contributed by atoms with van der Waals surface area (Å²) in [6, 6.07) is 1.15. The van der Waals surface area contributed by atoms with Crippen LogP contribution >= 0.6 is 11.3 Å². The van der Waals surface area contributed by atoms with Gasteiger partial charge in [-0.2, -0.15) is 0 Å². The average Bonchev–Trinajstić information content (AvgIpc) is 2.96. The third-order valence-electron chi connectivity index (χ3n) is 4.37. The zero-order valence-corrected chi connectivity index (χ0v) is 12.8. The molecular weight excluding hydrogens is 274 g/mol. The number of nitrogens with one attached hydrogen (secondary N) is 1. The Morgan fingerprint density at radius 2 is 2.15 bits per heavy atom. The zero-order valence-electron chi connectivity index (χ0n) is 12.0. The van der Waals surface area contributed by atoms with Crippen LogP contribution in [0.2, 0.25) is 0 Å². The molecule has 2 atom stereocenters. The standard InChI is InChI=1S/C13H21N5OS/c1-3-14-13-16-15-11(20-13)12(19)18-7-6-9-4-5-10(8-18)17(9)2/h9-10H,3-8H2,1-2H3,(H,14,16). The number of hydrogen-bond acceptors (Lipinski definition) is 6. The highest BCUT2D eigenvalue weighted by atomic mass is 32.1. The molecule has 3 rings (SSSR count). The number of rotatable bonds is 3. The smallest absolute Gasteiger partial charge is 0.284 e. The van der Waals surface area contributed by atoms with Gasteiger partial charge in [0.1, 0.15) is 0 Å². The van der Waals surface area contributed by atoms with Gasteiger partial charge in [0, 0.05) is 31.7 Å². The third kappa shape index (κ3) is 2.52. The van der Waals surface area contributed by atoms with Gasteiger partial charge in [-0.15, -0.1) is 10.2 Å². The summed E-state index contributed by atoms with van der Waals surface area (Å²) in [6.07, 6.45) is 3.54. The molecule has 0 radical (unpaired) electrons. The maximum atomic E-state index is 12.5. The van der Waals surface area contributed by atoms with E-state index in [1.807, 2.05) is 11.8 Å². The van der Waals surface area contributed by atoms with Crippen LogP contribution in [0.4, 0.5) is 5.13 Å². The summed E-state index contributed by atoms with van der Waals surface area (Å²) in [5.41, 5.74) is 0. The third-order valence-corrected chi connectivity index (χ3v) is 5.24. The highest BCUT2D eigenvalue weighted by Crippen LogP contribution is 2.29. The van der Waals surface area contributed by atoms with Crippen LogP contribution < -0.4 is 5.32 Å². The van der Waals surface area contributed by atoms with E-state index in [9.17, 15) is 4.79 Å². The van der Waals surface area contributed by atoms with E-state index in [2.05, 4.69) is 27.5 Å². The summed E-state index contributed by atoms with van der Waals surface area (Å²) < 4.78 is 0. The zero-order chi connectivity index (χ0) is 14.1. The van der Waals surface area contributed by atoms with Crippen LogP contribution in [-0.4, -0.2) is 64.7 Å². The normalized spacial score (nSPS) is 26.6. The molecule has 2 aliphatic rings. The number of nitrogens with zero attached hydrogens (tertiary/aromatic N) is 4. The first kappa shape index (κ1) is 13.8. The number of fused-ring (bicyclic) bond motifs is 2. The molecule has 2 fully saturated rings. The lowest BCUT2D eigenvalue weighted by Gasteiger charge is -2.24. The fourth-order valence-corrected chi connectivity index (χ4v) is 3.94. The van der Waals surface area contributed by atoms with Gasteiger partial charge in [0.15, 0.2) is 0 Å². The minimum Gasteiger partial charge on any atom is -0.360 e. The monoisotopic (exact) mass is 295 g/mol. The minimum absolute atomic E-state index is 0.0348. The first-order valence-corrected chi connectivity index (χ1v) is 8.09. The number of carbonyl (C=O) groups excluding carboxylic acids is 1. The van der Waals surface area contributed by atoms with E-state index >= 15 is 0 Å². The Bertz CT molecular complexity index is 491. The molecule has 7 heteroatoms. The number of carbonyl (C=O) groups is 1. The number of amides is 1. The van der Waals surface area contributed by atoms with Crippen molar-refractivity contribution in [2.45, 2.75) is 38.3 Å². The molecule has 0 spiro atoms. The Morgan fingerprint density at radius 1 is 1.35 bits per heavy atom.